The van der Waals surface area contributed by atoms with Crippen molar-refractivity contribution in [2.24, 2.45) is 4.99 Å². The molecule has 6 N–H and O–H groups in total. The van der Waals surface area contributed by atoms with Crippen LogP contribution in [0.5, 0.6) is 0 Å². The number of hydrogen-bond donors (Lipinski definition) is 6. The number of hydrogen-bond acceptors (Lipinski definition) is 9. The number of carbonyl (C=O) groups is 2. The monoisotopic (exact) mass is 544 g/mol. The average molecular weight is 545 g/mol. The van der Waals surface area contributed by atoms with Crippen molar-refractivity contribution in [3.05, 3.63) is 60.2 Å². The highest BCUT2D eigenvalue weighted by molar-refractivity contribution is 7.89. The predicted octanol–water partition coefficient (Wildman–Crippen LogP) is -0.273. The fourth-order valence-electron chi connectivity index (χ4n) is 4.30. The van der Waals surface area contributed by atoms with Crippen molar-refractivity contribution in [1.82, 2.24) is 20.7 Å². The van der Waals surface area contributed by atoms with E-state index in [2.05, 4.69) is 30.6 Å². The van der Waals surface area contributed by atoms with Gasteiger partial charge in [-0.25, -0.2) is 8.42 Å². The molecule has 0 spiro atoms. The normalized spacial score (nSPS) is 20.6. The Morgan fingerprint density at radius 1 is 1.16 bits per heavy atom. The van der Waals surface area contributed by atoms with Gasteiger partial charge in [-0.2, -0.15) is 4.72 Å². The molecule has 3 atom stereocenters. The predicted molar refractivity (Wildman–Crippen MR) is 142 cm³/mol. The minimum Gasteiger partial charge on any atom is -0.480 e. The van der Waals surface area contributed by atoms with Crippen molar-refractivity contribution in [1.29, 1.82) is 0 Å². The fourth-order valence-corrected chi connectivity index (χ4v) is 5.51. The summed E-state index contributed by atoms with van der Waals surface area (Å²) in [4.78, 5) is 30.9. The Morgan fingerprint density at radius 3 is 2.66 bits per heavy atom. The molecule has 0 aliphatic carbocycles. The zero-order valence-electron chi connectivity index (χ0n) is 20.7. The summed E-state index contributed by atoms with van der Waals surface area (Å²) in [7, 11) is -4.09. The van der Waals surface area contributed by atoms with Crippen LogP contribution < -0.4 is 25.6 Å². The number of aliphatic carboxylic acids is 1. The molecular weight excluding hydrogens is 512 g/mol. The number of anilines is 1. The summed E-state index contributed by atoms with van der Waals surface area (Å²) in [5, 5.41) is 29.0. The van der Waals surface area contributed by atoms with Gasteiger partial charge in [0.2, 0.25) is 10.0 Å². The first kappa shape index (κ1) is 27.4. The second kappa shape index (κ2) is 12.2. The standard InChI is InChI=1S/C25H32N6O6S/c32-22-10-13-31(16-21(22)29-25-26-11-5-12-27-25)18-7-4-6-17(14-18)23(33)28-15-20(24(34)35)30-38(36,37)19-8-2-1-3-9-19/h1-4,6-9,14,20-22,30,32H,5,10-13,15-16H2,(H,28,33)(H,34,35)(H2,26,27,29)/t20-,21+,22+/m0/s1. The maximum Gasteiger partial charge on any atom is 0.323 e. The molecule has 0 bridgehead atoms. The summed E-state index contributed by atoms with van der Waals surface area (Å²) in [6.07, 6.45) is 0.950. The van der Waals surface area contributed by atoms with Crippen LogP contribution in [0.1, 0.15) is 23.2 Å². The molecule has 204 valence electrons. The molecule has 0 aromatic heterocycles. The van der Waals surface area contributed by atoms with Crippen molar-refractivity contribution < 1.29 is 28.2 Å². The van der Waals surface area contributed by atoms with Crippen molar-refractivity contribution in [3.63, 3.8) is 0 Å². The van der Waals surface area contributed by atoms with Crippen LogP contribution in [0.15, 0.2) is 64.5 Å². The topological polar surface area (TPSA) is 172 Å². The van der Waals surface area contributed by atoms with E-state index in [4.69, 9.17) is 0 Å². The van der Waals surface area contributed by atoms with E-state index in [-0.39, 0.29) is 10.9 Å². The second-order valence-corrected chi connectivity index (χ2v) is 10.9. The van der Waals surface area contributed by atoms with Crippen LogP contribution in [0.25, 0.3) is 0 Å². The van der Waals surface area contributed by atoms with Gasteiger partial charge in [0.1, 0.15) is 6.04 Å². The van der Waals surface area contributed by atoms with Crippen LogP contribution in [-0.2, 0) is 14.8 Å². The zero-order chi connectivity index (χ0) is 27.1. The van der Waals surface area contributed by atoms with Crippen LogP contribution in [0.4, 0.5) is 5.69 Å². The first-order valence-corrected chi connectivity index (χ1v) is 13.9. The number of amides is 1. The van der Waals surface area contributed by atoms with Crippen LogP contribution in [0, 0.1) is 0 Å². The molecule has 2 aliphatic rings. The zero-order valence-corrected chi connectivity index (χ0v) is 21.5. The van der Waals surface area contributed by atoms with Crippen molar-refractivity contribution in [3.8, 4) is 0 Å². The Morgan fingerprint density at radius 2 is 1.95 bits per heavy atom. The van der Waals surface area contributed by atoms with Crippen molar-refractivity contribution >= 4 is 33.5 Å². The number of aliphatic hydroxyl groups is 1. The molecule has 0 radical (unpaired) electrons. The van der Waals surface area contributed by atoms with Gasteiger partial charge >= 0.3 is 5.97 Å². The molecule has 2 aromatic carbocycles. The average Bonchev–Trinajstić information content (AvgIpc) is 2.93. The van der Waals surface area contributed by atoms with Crippen molar-refractivity contribution in [2.75, 3.05) is 37.6 Å². The first-order chi connectivity index (χ1) is 18.2. The van der Waals surface area contributed by atoms with Crippen LogP contribution in [-0.4, -0.2) is 87.4 Å². The number of aliphatic hydroxyl groups excluding tert-OH is 1. The lowest BCUT2D eigenvalue weighted by atomic mass is 10.0. The fraction of sp³-hybridized carbons (Fsp3) is 0.400. The summed E-state index contributed by atoms with van der Waals surface area (Å²) < 4.78 is 27.2. The SMILES string of the molecule is O=C(NC[C@H](NS(=O)(=O)c1ccccc1)C(=O)O)c1cccc(N2CC[C@@H](O)[C@H](NC3=NCCCN3)C2)c1. The number of sulfonamides is 1. The number of rotatable bonds is 9. The molecule has 2 aliphatic heterocycles. The van der Waals surface area contributed by atoms with Crippen LogP contribution in [0.3, 0.4) is 0 Å². The molecule has 2 aromatic rings. The number of benzene rings is 2. The third-order valence-electron chi connectivity index (χ3n) is 6.38. The summed E-state index contributed by atoms with van der Waals surface area (Å²) in [6, 6.07) is 12.5. The Labute approximate surface area is 221 Å². The Balaban J connectivity index is 1.38. The molecule has 2 heterocycles. The molecular formula is C25H32N6O6S. The van der Waals surface area contributed by atoms with Gasteiger partial charge in [-0.3, -0.25) is 14.6 Å². The molecule has 1 amide bonds. The van der Waals surface area contributed by atoms with E-state index in [1.165, 1.54) is 24.3 Å². The Bertz CT molecular complexity index is 1270. The van der Waals surface area contributed by atoms with E-state index >= 15 is 0 Å². The van der Waals surface area contributed by atoms with Gasteiger partial charge in [-0.05, 0) is 43.2 Å². The highest BCUT2D eigenvalue weighted by Crippen LogP contribution is 2.22. The number of nitrogens with zero attached hydrogens (tertiary/aromatic N) is 2. The molecule has 1 fully saturated rings. The lowest BCUT2D eigenvalue weighted by Gasteiger charge is -2.38. The van der Waals surface area contributed by atoms with E-state index in [9.17, 15) is 28.2 Å². The highest BCUT2D eigenvalue weighted by atomic mass is 32.2. The quantitative estimate of drug-likeness (QED) is 0.248. The van der Waals surface area contributed by atoms with Gasteiger partial charge in [-0.1, -0.05) is 24.3 Å². The van der Waals surface area contributed by atoms with Gasteiger partial charge in [0.15, 0.2) is 5.96 Å². The van der Waals surface area contributed by atoms with E-state index < -0.39 is 40.6 Å². The highest BCUT2D eigenvalue weighted by Gasteiger charge is 2.30. The van der Waals surface area contributed by atoms with Gasteiger partial charge in [0.25, 0.3) is 5.91 Å². The Kier molecular flexibility index (Phi) is 8.81. The number of carboxylic acid groups (broad SMARTS) is 1. The molecule has 4 rings (SSSR count). The minimum atomic E-state index is -4.09. The third kappa shape index (κ3) is 7.00. The maximum absolute atomic E-state index is 12.8. The van der Waals surface area contributed by atoms with E-state index in [0.717, 1.165) is 25.2 Å². The molecule has 0 unspecified atom stereocenters. The van der Waals surface area contributed by atoms with Gasteiger partial charge in [-0.15, -0.1) is 0 Å². The second-order valence-electron chi connectivity index (χ2n) is 9.15. The van der Waals surface area contributed by atoms with Crippen molar-refractivity contribution in [2.45, 2.75) is 35.9 Å². The van der Waals surface area contributed by atoms with Gasteiger partial charge in [0.05, 0.1) is 17.0 Å². The molecule has 0 saturated carbocycles. The first-order valence-electron chi connectivity index (χ1n) is 12.4. The molecule has 12 nitrogen and oxygen atoms in total. The maximum atomic E-state index is 12.8. The Hall–Kier alpha value is -3.68. The number of aliphatic imine (C=N–C) groups is 1. The number of nitrogens with one attached hydrogen (secondary N) is 4. The number of carboxylic acids is 1. The number of carbonyl (C=O) groups excluding carboxylic acids is 1. The molecule has 38 heavy (non-hydrogen) atoms. The van der Waals surface area contributed by atoms with Crippen LogP contribution >= 0.6 is 0 Å². The van der Waals surface area contributed by atoms with Gasteiger partial charge in [0, 0.05) is 44.0 Å². The summed E-state index contributed by atoms with van der Waals surface area (Å²) >= 11 is 0. The number of guanidine groups is 1. The summed E-state index contributed by atoms with van der Waals surface area (Å²) in [5.74, 6) is -1.28. The van der Waals surface area contributed by atoms with Crippen LogP contribution in [0.2, 0.25) is 0 Å². The minimum absolute atomic E-state index is 0.0731. The van der Waals surface area contributed by atoms with E-state index in [1.807, 2.05) is 6.07 Å². The molecule has 13 heteroatoms. The largest absolute Gasteiger partial charge is 0.480 e. The third-order valence-corrected chi connectivity index (χ3v) is 7.87. The lowest BCUT2D eigenvalue weighted by molar-refractivity contribution is -0.138. The van der Waals surface area contributed by atoms with E-state index in [0.29, 0.717) is 31.0 Å². The summed E-state index contributed by atoms with van der Waals surface area (Å²) in [6.45, 7) is 2.20. The molecule has 1 saturated heterocycles. The lowest BCUT2D eigenvalue weighted by Crippen LogP contribution is -2.58. The number of piperidine rings is 1. The smallest absolute Gasteiger partial charge is 0.323 e. The summed E-state index contributed by atoms with van der Waals surface area (Å²) in [5.41, 5.74) is 1.07. The van der Waals surface area contributed by atoms with Gasteiger partial charge < -0.3 is 31.1 Å². The van der Waals surface area contributed by atoms with E-state index in [1.54, 1.807) is 24.3 Å².